The summed E-state index contributed by atoms with van der Waals surface area (Å²) in [5, 5.41) is 7.26. The number of benzene rings is 1. The molecular formula is C20H20F3N5O2. The van der Waals surface area contributed by atoms with E-state index in [0.717, 1.165) is 25.0 Å². The van der Waals surface area contributed by atoms with E-state index in [1.54, 1.807) is 18.2 Å². The zero-order valence-electron chi connectivity index (χ0n) is 15.9. The maximum absolute atomic E-state index is 12.7. The molecule has 0 saturated heterocycles. The Balaban J connectivity index is 1.48. The monoisotopic (exact) mass is 419 g/mol. The summed E-state index contributed by atoms with van der Waals surface area (Å²) in [5.41, 5.74) is 5.62. The van der Waals surface area contributed by atoms with Crippen molar-refractivity contribution in [3.63, 3.8) is 0 Å². The molecular weight excluding hydrogens is 399 g/mol. The third-order valence-corrected chi connectivity index (χ3v) is 5.16. The Morgan fingerprint density at radius 1 is 1.10 bits per heavy atom. The number of nitrogens with zero attached hydrogens (tertiary/aromatic N) is 3. The van der Waals surface area contributed by atoms with Crippen LogP contribution in [0.3, 0.4) is 0 Å². The number of pyridine rings is 1. The summed E-state index contributed by atoms with van der Waals surface area (Å²) in [6, 6.07) is 9.94. The molecule has 1 aromatic carbocycles. The van der Waals surface area contributed by atoms with Gasteiger partial charge in [0.05, 0.1) is 5.56 Å². The summed E-state index contributed by atoms with van der Waals surface area (Å²) in [4.78, 5) is 15.7. The van der Waals surface area contributed by atoms with Crippen LogP contribution in [0.5, 0.6) is 5.88 Å². The first-order valence-electron chi connectivity index (χ1n) is 9.55. The Morgan fingerprint density at radius 2 is 1.80 bits per heavy atom. The van der Waals surface area contributed by atoms with Gasteiger partial charge >= 0.3 is 6.18 Å². The number of ether oxygens (including phenoxy) is 1. The van der Waals surface area contributed by atoms with Crippen molar-refractivity contribution in [1.29, 1.82) is 0 Å². The van der Waals surface area contributed by atoms with Gasteiger partial charge in [0.1, 0.15) is 6.10 Å². The topological polar surface area (TPSA) is 94.5 Å². The average Bonchev–Trinajstić information content (AvgIpc) is 3.11. The first kappa shape index (κ1) is 20.0. The molecule has 10 heteroatoms. The van der Waals surface area contributed by atoms with E-state index < -0.39 is 11.7 Å². The Hall–Kier alpha value is -3.30. The second-order valence-corrected chi connectivity index (χ2v) is 7.26. The molecule has 1 amide bonds. The second-order valence-electron chi connectivity index (χ2n) is 7.26. The second kappa shape index (κ2) is 7.85. The van der Waals surface area contributed by atoms with Gasteiger partial charge in [-0.15, -0.1) is 5.10 Å². The lowest BCUT2D eigenvalue weighted by atomic mass is 9.87. The molecule has 1 saturated carbocycles. The van der Waals surface area contributed by atoms with Gasteiger partial charge in [-0.3, -0.25) is 4.79 Å². The number of carbonyl (C=O) groups excluding carboxylic acids is 1. The molecule has 3 aromatic rings. The van der Waals surface area contributed by atoms with Gasteiger partial charge in [-0.05, 0) is 56.0 Å². The highest BCUT2D eigenvalue weighted by molar-refractivity contribution is 5.76. The summed E-state index contributed by atoms with van der Waals surface area (Å²) in [5.74, 6) is 0.364. The molecule has 3 N–H and O–H groups in total. The summed E-state index contributed by atoms with van der Waals surface area (Å²) in [7, 11) is 0. The molecule has 2 aromatic heterocycles. The lowest BCUT2D eigenvalue weighted by Gasteiger charge is -2.27. The van der Waals surface area contributed by atoms with Gasteiger partial charge in [0.15, 0.2) is 5.65 Å². The molecule has 0 spiro atoms. The highest BCUT2D eigenvalue weighted by Crippen LogP contribution is 2.31. The molecule has 0 atom stereocenters. The van der Waals surface area contributed by atoms with Crippen molar-refractivity contribution in [3.8, 4) is 5.88 Å². The molecule has 4 rings (SSSR count). The first-order chi connectivity index (χ1) is 14.3. The average molecular weight is 419 g/mol. The minimum absolute atomic E-state index is 0.0540. The maximum atomic E-state index is 12.7. The molecule has 30 heavy (non-hydrogen) atoms. The van der Waals surface area contributed by atoms with E-state index in [-0.39, 0.29) is 23.9 Å². The van der Waals surface area contributed by atoms with Crippen LogP contribution >= 0.6 is 0 Å². The number of aromatic nitrogens is 3. The number of carbonyl (C=O) groups is 1. The smallest absolute Gasteiger partial charge is 0.416 e. The summed E-state index contributed by atoms with van der Waals surface area (Å²) >= 11 is 0. The van der Waals surface area contributed by atoms with Crippen molar-refractivity contribution < 1.29 is 22.7 Å². The first-order valence-corrected chi connectivity index (χ1v) is 9.55. The van der Waals surface area contributed by atoms with Crippen molar-refractivity contribution >= 4 is 23.2 Å². The van der Waals surface area contributed by atoms with E-state index in [2.05, 4.69) is 15.4 Å². The normalized spacial score (nSPS) is 19.6. The van der Waals surface area contributed by atoms with E-state index >= 15 is 0 Å². The summed E-state index contributed by atoms with van der Waals surface area (Å²) < 4.78 is 45.7. The Morgan fingerprint density at radius 3 is 2.43 bits per heavy atom. The number of hydrogen-bond donors (Lipinski definition) is 2. The maximum Gasteiger partial charge on any atom is 0.416 e. The quantitative estimate of drug-likeness (QED) is 0.654. The predicted molar refractivity (Wildman–Crippen MR) is 103 cm³/mol. The predicted octanol–water partition coefficient (Wildman–Crippen LogP) is 3.91. The molecule has 0 bridgehead atoms. The molecule has 7 nitrogen and oxygen atoms in total. The van der Waals surface area contributed by atoms with E-state index in [4.69, 9.17) is 10.5 Å². The fourth-order valence-electron chi connectivity index (χ4n) is 3.53. The molecule has 0 aliphatic heterocycles. The lowest BCUT2D eigenvalue weighted by Crippen LogP contribution is -2.31. The number of amides is 1. The number of rotatable bonds is 5. The van der Waals surface area contributed by atoms with Gasteiger partial charge in [0.2, 0.25) is 17.7 Å². The van der Waals surface area contributed by atoms with Crippen LogP contribution in [0, 0.1) is 5.92 Å². The van der Waals surface area contributed by atoms with Crippen LogP contribution in [-0.4, -0.2) is 26.6 Å². The third-order valence-electron chi connectivity index (χ3n) is 5.16. The van der Waals surface area contributed by atoms with Crippen LogP contribution in [-0.2, 0) is 11.0 Å². The standard InChI is InChI=1S/C20H20F3N5O2/c21-20(22,23)13-6-8-14(9-7-13)25-19-26-16-2-1-3-17(28(16)27-19)30-15-10-4-12(5-11-15)18(24)29/h1-3,6-9,12,15H,4-5,10-11H2,(H2,24,29)(H,25,27). The largest absolute Gasteiger partial charge is 0.474 e. The SMILES string of the molecule is NC(=O)C1CCC(Oc2cccc3nc(Nc4ccc(C(F)(F)F)cc4)nn23)CC1. The molecule has 1 fully saturated rings. The van der Waals surface area contributed by atoms with Gasteiger partial charge in [-0.25, -0.2) is 0 Å². The molecule has 0 radical (unpaired) electrons. The third kappa shape index (κ3) is 4.32. The Bertz CT molecular complexity index is 1040. The van der Waals surface area contributed by atoms with E-state index in [1.165, 1.54) is 16.6 Å². The summed E-state index contributed by atoms with van der Waals surface area (Å²) in [6.45, 7) is 0. The van der Waals surface area contributed by atoms with Gasteiger partial charge in [-0.2, -0.15) is 22.7 Å². The number of nitrogens with one attached hydrogen (secondary N) is 1. The van der Waals surface area contributed by atoms with E-state index in [9.17, 15) is 18.0 Å². The zero-order chi connectivity index (χ0) is 21.3. The number of alkyl halides is 3. The minimum Gasteiger partial charge on any atom is -0.474 e. The molecule has 1 aliphatic rings. The zero-order valence-corrected chi connectivity index (χ0v) is 15.9. The minimum atomic E-state index is -4.39. The van der Waals surface area contributed by atoms with Crippen LogP contribution in [0.1, 0.15) is 31.2 Å². The number of fused-ring (bicyclic) bond motifs is 1. The van der Waals surface area contributed by atoms with Gasteiger partial charge < -0.3 is 15.8 Å². The van der Waals surface area contributed by atoms with Gasteiger partial charge in [0.25, 0.3) is 0 Å². The van der Waals surface area contributed by atoms with Crippen molar-refractivity contribution in [2.75, 3.05) is 5.32 Å². The van der Waals surface area contributed by atoms with Gasteiger partial charge in [-0.1, -0.05) is 6.07 Å². The Labute approximate surface area is 170 Å². The number of anilines is 2. The van der Waals surface area contributed by atoms with Crippen LogP contribution in [0.4, 0.5) is 24.8 Å². The Kier molecular flexibility index (Phi) is 5.23. The molecule has 1 aliphatic carbocycles. The van der Waals surface area contributed by atoms with E-state index in [1.807, 2.05) is 0 Å². The van der Waals surface area contributed by atoms with Crippen LogP contribution < -0.4 is 15.8 Å². The van der Waals surface area contributed by atoms with Crippen LogP contribution in [0.2, 0.25) is 0 Å². The number of halogens is 3. The van der Waals surface area contributed by atoms with E-state index in [0.29, 0.717) is 30.1 Å². The van der Waals surface area contributed by atoms with Crippen molar-refractivity contribution in [2.45, 2.75) is 38.0 Å². The number of hydrogen-bond acceptors (Lipinski definition) is 5. The van der Waals surface area contributed by atoms with Crippen molar-refractivity contribution in [2.24, 2.45) is 11.7 Å². The van der Waals surface area contributed by atoms with Gasteiger partial charge in [0, 0.05) is 17.7 Å². The van der Waals surface area contributed by atoms with Crippen molar-refractivity contribution in [3.05, 3.63) is 48.0 Å². The van der Waals surface area contributed by atoms with Crippen LogP contribution in [0.15, 0.2) is 42.5 Å². The number of primary amides is 1. The fraction of sp³-hybridized carbons (Fsp3) is 0.350. The molecule has 2 heterocycles. The summed E-state index contributed by atoms with van der Waals surface area (Å²) in [6.07, 6.45) is -1.63. The van der Waals surface area contributed by atoms with Crippen LogP contribution in [0.25, 0.3) is 5.65 Å². The molecule has 158 valence electrons. The van der Waals surface area contributed by atoms with Crippen molar-refractivity contribution in [1.82, 2.24) is 14.6 Å². The number of nitrogens with two attached hydrogens (primary N) is 1. The lowest BCUT2D eigenvalue weighted by molar-refractivity contribution is -0.137. The molecule has 0 unspecified atom stereocenters. The highest BCUT2D eigenvalue weighted by atomic mass is 19.4. The fourth-order valence-corrected chi connectivity index (χ4v) is 3.53. The highest BCUT2D eigenvalue weighted by Gasteiger charge is 2.30.